The molecule has 0 bridgehead atoms. The van der Waals surface area contributed by atoms with E-state index in [4.69, 9.17) is 0 Å². The Morgan fingerprint density at radius 1 is 1.16 bits per heavy atom. The SMILES string of the molecule is Cc1ccccc1SCC(=O)Nc1ccccc1I. The van der Waals surface area contributed by atoms with Crippen molar-refractivity contribution in [3.8, 4) is 0 Å². The molecular weight excluding hydrogens is 369 g/mol. The first-order valence-electron chi connectivity index (χ1n) is 5.89. The van der Waals surface area contributed by atoms with E-state index in [2.05, 4.69) is 40.9 Å². The smallest absolute Gasteiger partial charge is 0.234 e. The molecule has 0 saturated carbocycles. The zero-order valence-corrected chi connectivity index (χ0v) is 13.5. The highest BCUT2D eigenvalue weighted by atomic mass is 127. The van der Waals surface area contributed by atoms with E-state index in [0.717, 1.165) is 14.2 Å². The first kappa shape index (κ1) is 14.4. The number of nitrogens with one attached hydrogen (secondary N) is 1. The molecule has 0 heterocycles. The number of rotatable bonds is 4. The molecule has 2 aromatic carbocycles. The molecule has 2 rings (SSSR count). The lowest BCUT2D eigenvalue weighted by molar-refractivity contribution is -0.113. The Balaban J connectivity index is 1.92. The lowest BCUT2D eigenvalue weighted by Crippen LogP contribution is -2.14. The topological polar surface area (TPSA) is 29.1 Å². The molecule has 0 aliphatic carbocycles. The van der Waals surface area contributed by atoms with Crippen molar-refractivity contribution < 1.29 is 4.79 Å². The van der Waals surface area contributed by atoms with E-state index < -0.39 is 0 Å². The number of hydrogen-bond acceptors (Lipinski definition) is 2. The van der Waals surface area contributed by atoms with Gasteiger partial charge >= 0.3 is 0 Å². The standard InChI is InChI=1S/C15H14INOS/c1-11-6-2-5-9-14(11)19-10-15(18)17-13-8-4-3-7-12(13)16/h2-9H,10H2,1H3,(H,17,18). The summed E-state index contributed by atoms with van der Waals surface area (Å²) < 4.78 is 1.05. The van der Waals surface area contributed by atoms with Crippen LogP contribution in [0.4, 0.5) is 5.69 Å². The minimum absolute atomic E-state index is 0.0253. The van der Waals surface area contributed by atoms with Gasteiger partial charge in [0.05, 0.1) is 11.4 Å². The number of para-hydroxylation sites is 1. The van der Waals surface area contributed by atoms with Crippen molar-refractivity contribution in [1.29, 1.82) is 0 Å². The molecule has 1 N–H and O–H groups in total. The fourth-order valence-electron chi connectivity index (χ4n) is 1.61. The lowest BCUT2D eigenvalue weighted by Gasteiger charge is -2.08. The number of thioether (sulfide) groups is 1. The first-order chi connectivity index (χ1) is 9.16. The van der Waals surface area contributed by atoms with Gasteiger partial charge in [-0.15, -0.1) is 11.8 Å². The van der Waals surface area contributed by atoms with Crippen molar-refractivity contribution in [2.24, 2.45) is 0 Å². The second kappa shape index (κ2) is 6.96. The molecule has 19 heavy (non-hydrogen) atoms. The summed E-state index contributed by atoms with van der Waals surface area (Å²) in [6, 6.07) is 15.9. The molecule has 0 fully saturated rings. The highest BCUT2D eigenvalue weighted by Crippen LogP contribution is 2.22. The average molecular weight is 383 g/mol. The molecule has 0 aromatic heterocycles. The van der Waals surface area contributed by atoms with Crippen molar-refractivity contribution >= 4 is 45.9 Å². The number of halogens is 1. The second-order valence-electron chi connectivity index (χ2n) is 4.08. The number of benzene rings is 2. The Morgan fingerprint density at radius 2 is 1.84 bits per heavy atom. The molecule has 0 aliphatic heterocycles. The van der Waals surface area contributed by atoms with Gasteiger partial charge in [0.25, 0.3) is 0 Å². The van der Waals surface area contributed by atoms with Crippen LogP contribution in [0.2, 0.25) is 0 Å². The van der Waals surface area contributed by atoms with Crippen LogP contribution in [-0.2, 0) is 4.79 Å². The highest BCUT2D eigenvalue weighted by molar-refractivity contribution is 14.1. The number of hydrogen-bond donors (Lipinski definition) is 1. The van der Waals surface area contributed by atoms with E-state index in [-0.39, 0.29) is 5.91 Å². The molecule has 2 nitrogen and oxygen atoms in total. The van der Waals surface area contributed by atoms with Crippen molar-refractivity contribution in [2.45, 2.75) is 11.8 Å². The van der Waals surface area contributed by atoms with Crippen molar-refractivity contribution in [1.82, 2.24) is 0 Å². The van der Waals surface area contributed by atoms with Crippen LogP contribution in [0.1, 0.15) is 5.56 Å². The third-order valence-corrected chi connectivity index (χ3v) is 4.72. The summed E-state index contributed by atoms with van der Waals surface area (Å²) in [4.78, 5) is 13.1. The van der Waals surface area contributed by atoms with Gasteiger partial charge in [0, 0.05) is 8.47 Å². The van der Waals surface area contributed by atoms with Crippen LogP contribution in [0.3, 0.4) is 0 Å². The summed E-state index contributed by atoms with van der Waals surface area (Å²) in [5.74, 6) is 0.452. The fraction of sp³-hybridized carbons (Fsp3) is 0.133. The summed E-state index contributed by atoms with van der Waals surface area (Å²) in [6.07, 6.45) is 0. The maximum absolute atomic E-state index is 11.9. The maximum Gasteiger partial charge on any atom is 0.234 e. The minimum atomic E-state index is 0.0253. The van der Waals surface area contributed by atoms with Gasteiger partial charge in [-0.05, 0) is 53.3 Å². The van der Waals surface area contributed by atoms with Crippen molar-refractivity contribution in [2.75, 3.05) is 11.1 Å². The second-order valence-corrected chi connectivity index (χ2v) is 6.26. The van der Waals surface area contributed by atoms with Gasteiger partial charge in [-0.3, -0.25) is 4.79 Å². The number of aryl methyl sites for hydroxylation is 1. The first-order valence-corrected chi connectivity index (χ1v) is 7.96. The van der Waals surface area contributed by atoms with E-state index in [9.17, 15) is 4.79 Å². The van der Waals surface area contributed by atoms with Crippen LogP contribution in [0.5, 0.6) is 0 Å². The molecule has 0 atom stereocenters. The number of anilines is 1. The van der Waals surface area contributed by atoms with Crippen LogP contribution >= 0.6 is 34.4 Å². The lowest BCUT2D eigenvalue weighted by atomic mass is 10.2. The zero-order chi connectivity index (χ0) is 13.7. The monoisotopic (exact) mass is 383 g/mol. The van der Waals surface area contributed by atoms with Gasteiger partial charge in [-0.1, -0.05) is 30.3 Å². The quantitative estimate of drug-likeness (QED) is 0.629. The third kappa shape index (κ3) is 4.24. The third-order valence-electron chi connectivity index (χ3n) is 2.60. The summed E-state index contributed by atoms with van der Waals surface area (Å²) in [5.41, 5.74) is 2.08. The van der Waals surface area contributed by atoms with E-state index in [1.807, 2.05) is 42.5 Å². The van der Waals surface area contributed by atoms with Gasteiger partial charge in [0.1, 0.15) is 0 Å². The van der Waals surface area contributed by atoms with Crippen molar-refractivity contribution in [3.63, 3.8) is 0 Å². The molecule has 0 spiro atoms. The molecule has 2 aromatic rings. The van der Waals surface area contributed by atoms with Gasteiger partial charge in [-0.2, -0.15) is 0 Å². The Kier molecular flexibility index (Phi) is 5.27. The fourth-order valence-corrected chi connectivity index (χ4v) is 2.96. The van der Waals surface area contributed by atoms with Gasteiger partial charge in [-0.25, -0.2) is 0 Å². The zero-order valence-electron chi connectivity index (χ0n) is 10.5. The van der Waals surface area contributed by atoms with Crippen LogP contribution < -0.4 is 5.32 Å². The number of carbonyl (C=O) groups excluding carboxylic acids is 1. The molecule has 0 saturated heterocycles. The van der Waals surface area contributed by atoms with Crippen LogP contribution in [-0.4, -0.2) is 11.7 Å². The molecule has 4 heteroatoms. The van der Waals surface area contributed by atoms with E-state index in [0.29, 0.717) is 5.75 Å². The van der Waals surface area contributed by atoms with E-state index in [1.165, 1.54) is 5.56 Å². The van der Waals surface area contributed by atoms with Crippen LogP contribution in [0.15, 0.2) is 53.4 Å². The van der Waals surface area contributed by atoms with Crippen molar-refractivity contribution in [3.05, 3.63) is 57.7 Å². The molecule has 1 amide bonds. The average Bonchev–Trinajstić information content (AvgIpc) is 2.40. The summed E-state index contributed by atoms with van der Waals surface area (Å²) in [6.45, 7) is 2.06. The van der Waals surface area contributed by atoms with Crippen LogP contribution in [0, 0.1) is 10.5 Å². The highest BCUT2D eigenvalue weighted by Gasteiger charge is 2.06. The minimum Gasteiger partial charge on any atom is -0.324 e. The molecular formula is C15H14INOS. The molecule has 0 aliphatic rings. The Labute approximate surface area is 131 Å². The summed E-state index contributed by atoms with van der Waals surface area (Å²) >= 11 is 3.78. The van der Waals surface area contributed by atoms with Gasteiger partial charge in [0.15, 0.2) is 0 Å². The predicted molar refractivity (Wildman–Crippen MR) is 89.7 cm³/mol. The maximum atomic E-state index is 11.9. The molecule has 98 valence electrons. The van der Waals surface area contributed by atoms with Gasteiger partial charge in [0.2, 0.25) is 5.91 Å². The van der Waals surface area contributed by atoms with E-state index in [1.54, 1.807) is 11.8 Å². The number of carbonyl (C=O) groups is 1. The normalized spacial score (nSPS) is 10.2. The Hall–Kier alpha value is -1.01. The Bertz CT molecular complexity index is 586. The van der Waals surface area contributed by atoms with Gasteiger partial charge < -0.3 is 5.32 Å². The summed E-state index contributed by atoms with van der Waals surface area (Å²) in [5, 5.41) is 2.93. The predicted octanol–water partition coefficient (Wildman–Crippen LogP) is 4.33. The molecule has 0 unspecified atom stereocenters. The Morgan fingerprint density at radius 3 is 2.58 bits per heavy atom. The van der Waals surface area contributed by atoms with Crippen LogP contribution in [0.25, 0.3) is 0 Å². The number of amides is 1. The molecule has 0 radical (unpaired) electrons. The van der Waals surface area contributed by atoms with E-state index >= 15 is 0 Å². The summed E-state index contributed by atoms with van der Waals surface area (Å²) in [7, 11) is 0. The largest absolute Gasteiger partial charge is 0.324 e.